The number of rotatable bonds is 68. The minimum absolute atomic E-state index is 0.0513. The van der Waals surface area contributed by atoms with Crippen LogP contribution in [0.1, 0.15) is 335 Å². The lowest BCUT2D eigenvalue weighted by Crippen LogP contribution is -2.29. The van der Waals surface area contributed by atoms with Gasteiger partial charge in [0, 0.05) is 19.4 Å². The first-order chi connectivity index (χ1) is 42.8. The van der Waals surface area contributed by atoms with Crippen LogP contribution < -0.4 is 5.73 Å². The maximum absolute atomic E-state index is 12.8. The molecule has 0 aliphatic carbocycles. The Labute approximate surface area is 537 Å². The fourth-order valence-corrected chi connectivity index (χ4v) is 11.1. The van der Waals surface area contributed by atoms with Crippen molar-refractivity contribution in [2.75, 3.05) is 26.4 Å². The lowest BCUT2D eigenvalue weighted by atomic mass is 10.0. The second-order valence-electron chi connectivity index (χ2n) is 24.1. The smallest absolute Gasteiger partial charge is 0.462 e. The van der Waals surface area contributed by atoms with Gasteiger partial charge in [-0.2, -0.15) is 0 Å². The fraction of sp³-hybridized carbons (Fsp3) is 0.740. The van der Waals surface area contributed by atoms with E-state index >= 15 is 0 Å². The van der Waals surface area contributed by atoms with Crippen LogP contribution >= 0.6 is 7.82 Å². The molecule has 0 heterocycles. The number of hydrogen-bond acceptors (Lipinski definition) is 8. The third-order valence-corrected chi connectivity index (χ3v) is 16.6. The molecule has 9 nitrogen and oxygen atoms in total. The van der Waals surface area contributed by atoms with Crippen LogP contribution in [0.5, 0.6) is 0 Å². The number of carbonyl (C=O) groups excluding carboxylic acids is 2. The molecule has 0 spiro atoms. The molecule has 0 amide bonds. The quantitative estimate of drug-likeness (QED) is 0.0264. The van der Waals surface area contributed by atoms with Crippen molar-refractivity contribution in [1.29, 1.82) is 0 Å². The van der Waals surface area contributed by atoms with E-state index in [1.165, 1.54) is 212 Å². The minimum atomic E-state index is -4.40. The van der Waals surface area contributed by atoms with Crippen molar-refractivity contribution in [2.45, 2.75) is 341 Å². The highest BCUT2D eigenvalue weighted by Gasteiger charge is 2.26. The van der Waals surface area contributed by atoms with Crippen LogP contribution in [0.15, 0.2) is 109 Å². The summed E-state index contributed by atoms with van der Waals surface area (Å²) in [5.74, 6) is -0.818. The van der Waals surface area contributed by atoms with E-state index in [1.807, 2.05) is 0 Å². The third-order valence-electron chi connectivity index (χ3n) is 15.6. The van der Waals surface area contributed by atoms with Crippen molar-refractivity contribution in [2.24, 2.45) is 5.73 Å². The molecule has 10 heteroatoms. The summed E-state index contributed by atoms with van der Waals surface area (Å²) in [6.45, 7) is 3.66. The van der Waals surface area contributed by atoms with Crippen molar-refractivity contribution in [1.82, 2.24) is 0 Å². The van der Waals surface area contributed by atoms with Crippen LogP contribution in [-0.4, -0.2) is 49.3 Å². The molecule has 0 saturated carbocycles. The summed E-state index contributed by atoms with van der Waals surface area (Å²) in [5.41, 5.74) is 5.41. The number of carbonyl (C=O) groups is 2. The number of phosphoric ester groups is 1. The van der Waals surface area contributed by atoms with Gasteiger partial charge in [-0.3, -0.25) is 18.6 Å². The second kappa shape index (κ2) is 71.7. The number of phosphoric acid groups is 1. The third kappa shape index (κ3) is 71.6. The predicted molar refractivity (Wildman–Crippen MR) is 376 cm³/mol. The Kier molecular flexibility index (Phi) is 69.0. The lowest BCUT2D eigenvalue weighted by Gasteiger charge is -2.19. The van der Waals surface area contributed by atoms with E-state index in [4.69, 9.17) is 24.3 Å². The Morgan fingerprint density at radius 1 is 0.356 bits per heavy atom. The highest BCUT2D eigenvalue weighted by molar-refractivity contribution is 7.47. The minimum Gasteiger partial charge on any atom is -0.462 e. The average molecular weight is 1230 g/mol. The molecule has 0 aliphatic heterocycles. The molecule has 3 N–H and O–H groups in total. The molecular weight excluding hydrogens is 1100 g/mol. The van der Waals surface area contributed by atoms with Gasteiger partial charge in [0.2, 0.25) is 0 Å². The Balaban J connectivity index is 3.86. The van der Waals surface area contributed by atoms with Gasteiger partial charge < -0.3 is 20.1 Å². The van der Waals surface area contributed by atoms with Crippen LogP contribution in [-0.2, 0) is 32.7 Å². The van der Waals surface area contributed by atoms with E-state index in [0.717, 1.165) is 89.9 Å². The van der Waals surface area contributed by atoms with Crippen LogP contribution in [0.3, 0.4) is 0 Å². The highest BCUT2D eigenvalue weighted by Crippen LogP contribution is 2.43. The van der Waals surface area contributed by atoms with Gasteiger partial charge in [-0.25, -0.2) is 4.57 Å². The molecule has 87 heavy (non-hydrogen) atoms. The molecule has 2 unspecified atom stereocenters. The monoisotopic (exact) mass is 1230 g/mol. The van der Waals surface area contributed by atoms with E-state index in [2.05, 4.69) is 123 Å². The molecule has 0 rings (SSSR count). The Hall–Kier alpha value is -3.33. The first kappa shape index (κ1) is 83.7. The van der Waals surface area contributed by atoms with E-state index in [-0.39, 0.29) is 38.6 Å². The van der Waals surface area contributed by atoms with Gasteiger partial charge in [-0.1, -0.05) is 329 Å². The molecule has 0 aromatic rings. The van der Waals surface area contributed by atoms with Gasteiger partial charge in [0.1, 0.15) is 6.61 Å². The van der Waals surface area contributed by atoms with Crippen molar-refractivity contribution in [3.8, 4) is 0 Å². The molecule has 0 saturated heterocycles. The summed E-state index contributed by atoms with van der Waals surface area (Å²) in [6.07, 6.45) is 99.0. The number of unbranched alkanes of at least 4 members (excludes halogenated alkanes) is 37. The molecule has 2 atom stereocenters. The van der Waals surface area contributed by atoms with Crippen LogP contribution in [0, 0.1) is 0 Å². The topological polar surface area (TPSA) is 134 Å². The fourth-order valence-electron chi connectivity index (χ4n) is 10.3. The van der Waals surface area contributed by atoms with Gasteiger partial charge >= 0.3 is 19.8 Å². The first-order valence-electron chi connectivity index (χ1n) is 36.4. The van der Waals surface area contributed by atoms with Crippen LogP contribution in [0.4, 0.5) is 0 Å². The normalized spacial score (nSPS) is 13.6. The molecular formula is C77H136NO8P. The summed E-state index contributed by atoms with van der Waals surface area (Å²) in [4.78, 5) is 35.4. The summed E-state index contributed by atoms with van der Waals surface area (Å²) >= 11 is 0. The summed E-state index contributed by atoms with van der Waals surface area (Å²) in [7, 11) is -4.40. The molecule has 0 bridgehead atoms. The molecule has 0 aromatic carbocycles. The maximum atomic E-state index is 12.8. The SMILES string of the molecule is CC/C=C\C/C=C\C/C=C\C/C=C\C/C=C\C/C=C\C/C=C\CCCCCCCCCCCCCCCCCC(=O)OC(COC(=O)CCCCCCCCCCCCCCCCCCC/C=C\C/C=C\CCCCCCC)COP(=O)(O)OCCN. The molecule has 0 aliphatic rings. The Bertz CT molecular complexity index is 1800. The zero-order valence-electron chi connectivity index (χ0n) is 56.5. The standard InChI is InChI=1S/C77H136NO8P/c1-3-5-7-9-11-13-15-17-19-21-23-25-27-29-31-33-34-35-36-37-38-39-40-42-44-46-48-50-52-54-56-58-60-62-64-66-68-70-77(80)86-75(74-85-87(81,82)84-72-71-78)73-83-76(79)69-67-65-63-61-59-57-55-53-51-49-47-45-43-41-32-30-28-26-24-22-20-18-16-14-12-10-8-6-4-2/h5,7,11,13,16-19,22-25,29,31,34-35,37-38,75H,3-4,6,8-10,12,14-15,20-21,26-28,30,32-33,36,39-74,78H2,1-2H3,(H,81,82)/b7-5-,13-11-,18-16-,19-17-,24-22-,25-23-,31-29-,35-34-,38-37-. The van der Waals surface area contributed by atoms with Crippen molar-refractivity contribution >= 4 is 19.8 Å². The van der Waals surface area contributed by atoms with Gasteiger partial charge in [0.25, 0.3) is 0 Å². The lowest BCUT2D eigenvalue weighted by molar-refractivity contribution is -0.161. The number of nitrogens with two attached hydrogens (primary N) is 1. The molecule has 0 fully saturated rings. The van der Waals surface area contributed by atoms with Gasteiger partial charge in [0.05, 0.1) is 13.2 Å². The van der Waals surface area contributed by atoms with Crippen molar-refractivity contribution in [3.05, 3.63) is 109 Å². The summed E-state index contributed by atoms with van der Waals surface area (Å²) in [6, 6.07) is 0. The maximum Gasteiger partial charge on any atom is 0.472 e. The largest absolute Gasteiger partial charge is 0.472 e. The van der Waals surface area contributed by atoms with Crippen molar-refractivity contribution in [3.63, 3.8) is 0 Å². The van der Waals surface area contributed by atoms with Crippen molar-refractivity contribution < 1.29 is 37.6 Å². The predicted octanol–water partition coefficient (Wildman–Crippen LogP) is 24.1. The zero-order chi connectivity index (χ0) is 63.0. The summed E-state index contributed by atoms with van der Waals surface area (Å²) < 4.78 is 33.2. The van der Waals surface area contributed by atoms with E-state index in [1.54, 1.807) is 0 Å². The molecule has 0 radical (unpaired) electrons. The molecule has 502 valence electrons. The van der Waals surface area contributed by atoms with Gasteiger partial charge in [-0.05, 0) is 103 Å². The van der Waals surface area contributed by atoms with Crippen LogP contribution in [0.25, 0.3) is 0 Å². The van der Waals surface area contributed by atoms with E-state index in [9.17, 15) is 19.0 Å². The molecule has 0 aromatic heterocycles. The highest BCUT2D eigenvalue weighted by atomic mass is 31.2. The average Bonchev–Trinajstić information content (AvgIpc) is 3.65. The van der Waals surface area contributed by atoms with E-state index in [0.29, 0.717) is 6.42 Å². The Morgan fingerprint density at radius 2 is 0.632 bits per heavy atom. The second-order valence-corrected chi connectivity index (χ2v) is 25.5. The Morgan fingerprint density at radius 3 is 0.943 bits per heavy atom. The summed E-state index contributed by atoms with van der Waals surface area (Å²) in [5, 5.41) is 0. The zero-order valence-corrected chi connectivity index (χ0v) is 57.4. The van der Waals surface area contributed by atoms with Gasteiger partial charge in [0.15, 0.2) is 6.10 Å². The first-order valence-corrected chi connectivity index (χ1v) is 37.9. The van der Waals surface area contributed by atoms with Gasteiger partial charge in [-0.15, -0.1) is 0 Å². The number of ether oxygens (including phenoxy) is 2. The number of esters is 2. The number of hydrogen-bond donors (Lipinski definition) is 2. The van der Waals surface area contributed by atoms with Crippen LogP contribution in [0.2, 0.25) is 0 Å². The van der Waals surface area contributed by atoms with E-state index < -0.39 is 26.5 Å². The number of allylic oxidation sites excluding steroid dienone is 18.